The molecule has 2 heterocycles. The van der Waals surface area contributed by atoms with Crippen LogP contribution in [-0.2, 0) is 27.7 Å². The first-order valence-corrected chi connectivity index (χ1v) is 12.4. The zero-order valence-electron chi connectivity index (χ0n) is 18.0. The highest BCUT2D eigenvalue weighted by Gasteiger charge is 2.27. The van der Waals surface area contributed by atoms with Crippen molar-refractivity contribution < 1.29 is 13.2 Å². The van der Waals surface area contributed by atoms with Crippen molar-refractivity contribution in [2.24, 2.45) is 11.8 Å². The number of ketones is 1. The van der Waals surface area contributed by atoms with Crippen molar-refractivity contribution in [1.29, 1.82) is 0 Å². The van der Waals surface area contributed by atoms with E-state index in [0.717, 1.165) is 50.9 Å². The van der Waals surface area contributed by atoms with Gasteiger partial charge in [0.25, 0.3) is 0 Å². The number of hydrogen-bond donors (Lipinski definition) is 0. The Morgan fingerprint density at radius 2 is 2.07 bits per heavy atom. The van der Waals surface area contributed by atoms with Gasteiger partial charge in [0.05, 0.1) is 17.6 Å². The summed E-state index contributed by atoms with van der Waals surface area (Å²) in [5.41, 5.74) is 0.945. The number of Topliss-reactive ketones (excluding diaryl/α,β-unsaturated/α-hetero) is 1. The van der Waals surface area contributed by atoms with Gasteiger partial charge < -0.3 is 4.57 Å². The summed E-state index contributed by atoms with van der Waals surface area (Å²) in [6.07, 6.45) is 7.19. The lowest BCUT2D eigenvalue weighted by molar-refractivity contribution is -0.122. The van der Waals surface area contributed by atoms with Crippen LogP contribution in [0.3, 0.4) is 0 Å². The van der Waals surface area contributed by atoms with Gasteiger partial charge >= 0.3 is 0 Å². The molecule has 0 aromatic carbocycles. The molecular formula is C21H37N3O3S. The van der Waals surface area contributed by atoms with Gasteiger partial charge in [-0.2, -0.15) is 0 Å². The third kappa shape index (κ3) is 6.41. The minimum absolute atomic E-state index is 0.0972. The second-order valence-electron chi connectivity index (χ2n) is 8.58. The maximum Gasteiger partial charge on any atom is 0.227 e. The molecule has 2 rings (SSSR count). The van der Waals surface area contributed by atoms with Crippen LogP contribution in [0.1, 0.15) is 71.9 Å². The fraction of sp³-hybridized carbons (Fsp3) is 0.810. The van der Waals surface area contributed by atoms with Crippen LogP contribution in [0.25, 0.3) is 0 Å². The number of carbonyl (C=O) groups excluding carboxylic acids is 1. The topological polar surface area (TPSA) is 72.3 Å². The first-order chi connectivity index (χ1) is 13.2. The van der Waals surface area contributed by atoms with Crippen LogP contribution >= 0.6 is 0 Å². The van der Waals surface area contributed by atoms with Gasteiger partial charge in [-0.1, -0.05) is 27.2 Å². The molecule has 1 aliphatic rings. The predicted octanol–water partition coefficient (Wildman–Crippen LogP) is 3.69. The highest BCUT2D eigenvalue weighted by atomic mass is 32.2. The Morgan fingerprint density at radius 3 is 2.71 bits per heavy atom. The van der Waals surface area contributed by atoms with E-state index in [9.17, 15) is 13.2 Å². The molecule has 160 valence electrons. The maximum atomic E-state index is 12.9. The molecule has 1 unspecified atom stereocenters. The molecule has 0 spiro atoms. The van der Waals surface area contributed by atoms with E-state index in [4.69, 9.17) is 0 Å². The van der Waals surface area contributed by atoms with E-state index in [-0.39, 0.29) is 22.6 Å². The van der Waals surface area contributed by atoms with E-state index in [0.29, 0.717) is 25.4 Å². The lowest BCUT2D eigenvalue weighted by Gasteiger charge is -2.31. The first kappa shape index (κ1) is 23.1. The van der Waals surface area contributed by atoms with Crippen molar-refractivity contribution in [3.8, 4) is 0 Å². The predicted molar refractivity (Wildman–Crippen MR) is 112 cm³/mol. The van der Waals surface area contributed by atoms with Gasteiger partial charge in [0.1, 0.15) is 5.78 Å². The van der Waals surface area contributed by atoms with Crippen molar-refractivity contribution in [3.05, 3.63) is 11.9 Å². The van der Waals surface area contributed by atoms with E-state index >= 15 is 0 Å². The summed E-state index contributed by atoms with van der Waals surface area (Å²) in [6, 6.07) is 0. The Morgan fingerprint density at radius 1 is 1.32 bits per heavy atom. The molecular weight excluding hydrogens is 374 g/mol. The van der Waals surface area contributed by atoms with Crippen molar-refractivity contribution in [2.45, 2.75) is 84.5 Å². The lowest BCUT2D eigenvalue weighted by atomic mass is 9.94. The van der Waals surface area contributed by atoms with Gasteiger partial charge in [-0.05, 0) is 51.5 Å². The van der Waals surface area contributed by atoms with Crippen molar-refractivity contribution in [1.82, 2.24) is 14.5 Å². The average Bonchev–Trinajstić information content (AvgIpc) is 3.03. The van der Waals surface area contributed by atoms with Crippen LogP contribution in [0, 0.1) is 11.8 Å². The van der Waals surface area contributed by atoms with Crippen LogP contribution in [0.15, 0.2) is 11.4 Å². The average molecular weight is 412 g/mol. The van der Waals surface area contributed by atoms with Crippen molar-refractivity contribution >= 4 is 15.6 Å². The first-order valence-electron chi connectivity index (χ1n) is 10.7. The van der Waals surface area contributed by atoms with Gasteiger partial charge in [0.15, 0.2) is 0 Å². The smallest absolute Gasteiger partial charge is 0.227 e. The van der Waals surface area contributed by atoms with E-state index in [2.05, 4.69) is 30.7 Å². The number of sulfone groups is 1. The normalized spacial score (nSPS) is 18.7. The number of unbranched alkanes of at least 4 members (excludes halogenated alkanes) is 1. The second-order valence-corrected chi connectivity index (χ2v) is 10.6. The number of rotatable bonds is 11. The molecule has 1 fully saturated rings. The molecule has 0 aliphatic carbocycles. The van der Waals surface area contributed by atoms with Gasteiger partial charge in [-0.15, -0.1) is 0 Å². The molecule has 1 saturated heterocycles. The van der Waals surface area contributed by atoms with Crippen LogP contribution in [0.5, 0.6) is 0 Å². The Bertz CT molecular complexity index is 740. The molecule has 1 atom stereocenters. The van der Waals surface area contributed by atoms with Crippen molar-refractivity contribution in [2.75, 3.05) is 18.8 Å². The van der Waals surface area contributed by atoms with Crippen molar-refractivity contribution in [3.63, 3.8) is 0 Å². The van der Waals surface area contributed by atoms with Crippen LogP contribution in [0.4, 0.5) is 0 Å². The largest absolute Gasteiger partial charge is 0.318 e. The Balaban J connectivity index is 2.17. The Labute approximate surface area is 170 Å². The summed E-state index contributed by atoms with van der Waals surface area (Å²) in [6.45, 7) is 11.0. The lowest BCUT2D eigenvalue weighted by Crippen LogP contribution is -2.38. The molecule has 0 amide bonds. The number of aromatic nitrogens is 2. The molecule has 0 bridgehead atoms. The number of hydrogen-bond acceptors (Lipinski definition) is 5. The summed E-state index contributed by atoms with van der Waals surface area (Å²) in [7, 11) is -3.38. The number of piperidine rings is 1. The number of carbonyl (C=O) groups is 1. The molecule has 0 radical (unpaired) electrons. The summed E-state index contributed by atoms with van der Waals surface area (Å²) >= 11 is 0. The molecule has 6 nitrogen and oxygen atoms in total. The third-order valence-corrected chi connectivity index (χ3v) is 7.28. The quantitative estimate of drug-likeness (QED) is 0.555. The third-order valence-electron chi connectivity index (χ3n) is 5.58. The number of nitrogens with zero attached hydrogens (tertiary/aromatic N) is 3. The van der Waals surface area contributed by atoms with Crippen LogP contribution < -0.4 is 0 Å². The van der Waals surface area contributed by atoms with Gasteiger partial charge in [0, 0.05) is 25.6 Å². The van der Waals surface area contributed by atoms with E-state index < -0.39 is 9.84 Å². The summed E-state index contributed by atoms with van der Waals surface area (Å²) in [5.74, 6) is 1.00. The standard InChI is InChI=1S/C21H37N3O3S/c1-5-6-12-24-20(16-23-11-7-10-19(15-23)18(4)25)14-22-21(24)28(26,27)13-8-9-17(2)3/h14,17,19H,5-13,15-16H2,1-4H3. The molecule has 0 N–H and O–H groups in total. The zero-order chi connectivity index (χ0) is 20.7. The fourth-order valence-corrected chi connectivity index (χ4v) is 5.34. The minimum Gasteiger partial charge on any atom is -0.318 e. The summed E-state index contributed by atoms with van der Waals surface area (Å²) < 4.78 is 27.7. The van der Waals surface area contributed by atoms with Gasteiger partial charge in [0.2, 0.25) is 15.0 Å². The molecule has 1 aromatic heterocycles. The molecule has 1 aliphatic heterocycles. The van der Waals surface area contributed by atoms with Gasteiger partial charge in [-0.25, -0.2) is 13.4 Å². The van der Waals surface area contributed by atoms with E-state index in [1.165, 1.54) is 0 Å². The summed E-state index contributed by atoms with van der Waals surface area (Å²) in [5, 5.41) is 0.222. The number of imidazole rings is 1. The molecule has 28 heavy (non-hydrogen) atoms. The Kier molecular flexibility index (Phi) is 8.68. The Hall–Kier alpha value is -1.21. The van der Waals surface area contributed by atoms with Gasteiger partial charge in [-0.3, -0.25) is 9.69 Å². The zero-order valence-corrected chi connectivity index (χ0v) is 18.8. The molecule has 1 aromatic rings. The minimum atomic E-state index is -3.38. The van der Waals surface area contributed by atoms with E-state index in [1.54, 1.807) is 13.1 Å². The fourth-order valence-electron chi connectivity index (χ4n) is 3.85. The van der Waals surface area contributed by atoms with E-state index in [1.807, 2.05) is 4.57 Å². The van der Waals surface area contributed by atoms with Crippen LogP contribution in [-0.4, -0.2) is 47.5 Å². The maximum absolute atomic E-state index is 12.9. The highest BCUT2D eigenvalue weighted by molar-refractivity contribution is 7.91. The second kappa shape index (κ2) is 10.5. The highest BCUT2D eigenvalue weighted by Crippen LogP contribution is 2.22. The number of likely N-dealkylation sites (tertiary alicyclic amines) is 1. The summed E-state index contributed by atoms with van der Waals surface area (Å²) in [4.78, 5) is 18.4. The SMILES string of the molecule is CCCCn1c(CN2CCCC(C(C)=O)C2)cnc1S(=O)(=O)CCCC(C)C. The molecule has 0 saturated carbocycles. The molecule has 7 heteroatoms. The van der Waals surface area contributed by atoms with Crippen LogP contribution in [0.2, 0.25) is 0 Å². The monoisotopic (exact) mass is 411 g/mol.